The first kappa shape index (κ1) is 17.9. The molecule has 0 saturated heterocycles. The molecule has 1 aliphatic carbocycles. The first-order valence-corrected chi connectivity index (χ1v) is 8.27. The summed E-state index contributed by atoms with van der Waals surface area (Å²) in [5.74, 6) is 2.96. The zero-order valence-electron chi connectivity index (χ0n) is 14.5. The number of hydrogen-bond donors (Lipinski definition) is 3. The molecule has 0 aliphatic heterocycles. The molecule has 3 N–H and O–H groups in total. The minimum Gasteiger partial charge on any atom is -0.344 e. The van der Waals surface area contributed by atoms with Crippen molar-refractivity contribution in [2.45, 2.75) is 25.2 Å². The molecule has 24 heavy (non-hydrogen) atoms. The van der Waals surface area contributed by atoms with Crippen LogP contribution in [0, 0.1) is 0 Å². The van der Waals surface area contributed by atoms with Crippen LogP contribution in [0.4, 0.5) is 17.6 Å². The summed E-state index contributed by atoms with van der Waals surface area (Å²) in [6.45, 7) is 7.90. The molecule has 0 atom stereocenters. The van der Waals surface area contributed by atoms with Crippen molar-refractivity contribution in [2.75, 3.05) is 37.4 Å². The molecule has 1 saturated carbocycles. The van der Waals surface area contributed by atoms with Crippen LogP contribution in [0.15, 0.2) is 31.5 Å². The van der Waals surface area contributed by atoms with Crippen LogP contribution in [0.1, 0.15) is 30.9 Å². The van der Waals surface area contributed by atoms with Gasteiger partial charge < -0.3 is 15.5 Å². The van der Waals surface area contributed by atoms with Crippen LogP contribution in [0.25, 0.3) is 0 Å². The predicted molar refractivity (Wildman–Crippen MR) is 98.9 cm³/mol. The lowest BCUT2D eigenvalue weighted by molar-refractivity contribution is 0.704. The van der Waals surface area contributed by atoms with Gasteiger partial charge in [0.15, 0.2) is 5.82 Å². The van der Waals surface area contributed by atoms with Crippen molar-refractivity contribution in [2.24, 2.45) is 0 Å². The minimum absolute atomic E-state index is 0.669. The van der Waals surface area contributed by atoms with Crippen molar-refractivity contribution in [3.63, 3.8) is 0 Å². The molecule has 7 nitrogen and oxygen atoms in total. The van der Waals surface area contributed by atoms with Crippen LogP contribution in [-0.4, -0.2) is 47.4 Å². The number of aromatic nitrogens is 4. The number of nitrogens with zero attached hydrogens (tertiary/aromatic N) is 4. The highest BCUT2D eigenvalue weighted by Crippen LogP contribution is 2.39. The van der Waals surface area contributed by atoms with Crippen LogP contribution >= 0.6 is 0 Å². The van der Waals surface area contributed by atoms with Crippen molar-refractivity contribution >= 4 is 17.6 Å². The first-order valence-electron chi connectivity index (χ1n) is 8.27. The molecule has 2 aromatic rings. The summed E-state index contributed by atoms with van der Waals surface area (Å²) in [5.41, 5.74) is 1.21. The normalized spacial score (nSPS) is 13.1. The molecule has 130 valence electrons. The van der Waals surface area contributed by atoms with E-state index in [9.17, 15) is 0 Å². The van der Waals surface area contributed by atoms with Crippen molar-refractivity contribution in [1.29, 1.82) is 0 Å². The van der Waals surface area contributed by atoms with E-state index in [4.69, 9.17) is 0 Å². The Labute approximate surface area is 143 Å². The highest BCUT2D eigenvalue weighted by molar-refractivity contribution is 5.53. The smallest absolute Gasteiger partial charge is 0.227 e. The maximum atomic E-state index is 4.55. The summed E-state index contributed by atoms with van der Waals surface area (Å²) in [4.78, 5) is 10.9. The molecule has 0 spiro atoms. The number of H-pyrrole nitrogens is 1. The quantitative estimate of drug-likeness (QED) is 0.510. The fourth-order valence-electron chi connectivity index (χ4n) is 2.33. The third kappa shape index (κ3) is 5.06. The lowest BCUT2D eigenvalue weighted by Gasteiger charge is -2.17. The van der Waals surface area contributed by atoms with Gasteiger partial charge in [0.2, 0.25) is 5.95 Å². The van der Waals surface area contributed by atoms with Gasteiger partial charge in [-0.15, -0.1) is 13.2 Å². The van der Waals surface area contributed by atoms with Crippen molar-refractivity contribution in [1.82, 2.24) is 25.5 Å². The largest absolute Gasteiger partial charge is 0.344 e. The third-order valence-electron chi connectivity index (χ3n) is 3.78. The van der Waals surface area contributed by atoms with E-state index in [2.05, 4.69) is 54.9 Å². The van der Waals surface area contributed by atoms with Crippen LogP contribution in [0.5, 0.6) is 0 Å². The molecule has 0 bridgehead atoms. The number of hydrogen-bond acceptors (Lipinski definition) is 6. The van der Waals surface area contributed by atoms with Crippen LogP contribution in [-0.2, 0) is 0 Å². The molecule has 0 radical (unpaired) electrons. The Morgan fingerprint density at radius 2 is 2.12 bits per heavy atom. The molecule has 0 aromatic carbocycles. The van der Waals surface area contributed by atoms with Gasteiger partial charge in [-0.1, -0.05) is 0 Å². The second-order valence-corrected chi connectivity index (χ2v) is 5.73. The molecular weight excluding hydrogens is 302 g/mol. The van der Waals surface area contributed by atoms with Gasteiger partial charge >= 0.3 is 0 Å². The maximum absolute atomic E-state index is 4.55. The lowest BCUT2D eigenvalue weighted by atomic mass is 10.3. The molecule has 2 aromatic heterocycles. The van der Waals surface area contributed by atoms with E-state index < -0.39 is 0 Å². The predicted octanol–water partition coefficient (Wildman–Crippen LogP) is 2.67. The average molecular weight is 329 g/mol. The van der Waals surface area contributed by atoms with Crippen molar-refractivity contribution in [3.8, 4) is 0 Å². The monoisotopic (exact) mass is 329 g/mol. The minimum atomic E-state index is 0.669. The topological polar surface area (TPSA) is 81.8 Å². The Morgan fingerprint density at radius 1 is 1.33 bits per heavy atom. The van der Waals surface area contributed by atoms with E-state index in [-0.39, 0.29) is 0 Å². The molecule has 0 amide bonds. The molecule has 1 fully saturated rings. The zero-order chi connectivity index (χ0) is 17.4. The van der Waals surface area contributed by atoms with Gasteiger partial charge in [0.05, 0.1) is 0 Å². The van der Waals surface area contributed by atoms with Gasteiger partial charge in [0.25, 0.3) is 0 Å². The summed E-state index contributed by atoms with van der Waals surface area (Å²) in [7, 11) is 3.97. The Hall–Kier alpha value is -2.41. The van der Waals surface area contributed by atoms with Gasteiger partial charge in [0, 0.05) is 37.5 Å². The summed E-state index contributed by atoms with van der Waals surface area (Å²) in [6, 6.07) is 3.92. The van der Waals surface area contributed by atoms with E-state index >= 15 is 0 Å². The van der Waals surface area contributed by atoms with Gasteiger partial charge in [-0.25, -0.2) is 4.98 Å². The number of anilines is 3. The Bertz CT molecular complexity index is 621. The summed E-state index contributed by atoms with van der Waals surface area (Å²) in [5, 5.41) is 13.8. The number of aromatic amines is 1. The molecule has 2 heterocycles. The highest BCUT2D eigenvalue weighted by atomic mass is 15.3. The van der Waals surface area contributed by atoms with Gasteiger partial charge in [-0.05, 0) is 38.9 Å². The van der Waals surface area contributed by atoms with E-state index in [1.54, 1.807) is 6.20 Å². The van der Waals surface area contributed by atoms with Crippen molar-refractivity contribution < 1.29 is 0 Å². The standard InChI is InChI=1S/C15H23N7.C2H4/c1-16-7-3-9-22(2)15-17-8-6-13(19-15)18-14-10-12(20-21-14)11-4-5-11;1-2/h6,8,10-11,16H,3-5,7,9H2,1-2H3,(H2,17,18,19,20,21);1-2H2. The Morgan fingerprint density at radius 3 is 2.83 bits per heavy atom. The van der Waals surface area contributed by atoms with Gasteiger partial charge in [-0.3, -0.25) is 5.10 Å². The average Bonchev–Trinajstić information content (AvgIpc) is 3.37. The van der Waals surface area contributed by atoms with Gasteiger partial charge in [0.1, 0.15) is 5.82 Å². The molecule has 0 unspecified atom stereocenters. The molecular formula is C17H27N7. The maximum Gasteiger partial charge on any atom is 0.227 e. The molecule has 3 rings (SSSR count). The summed E-state index contributed by atoms with van der Waals surface area (Å²) < 4.78 is 0. The molecule has 1 aliphatic rings. The second-order valence-electron chi connectivity index (χ2n) is 5.73. The van der Waals surface area contributed by atoms with Gasteiger partial charge in [-0.2, -0.15) is 10.1 Å². The summed E-state index contributed by atoms with van der Waals surface area (Å²) in [6.07, 6.45) is 5.35. The summed E-state index contributed by atoms with van der Waals surface area (Å²) >= 11 is 0. The van der Waals surface area contributed by atoms with Crippen LogP contribution < -0.4 is 15.5 Å². The fraction of sp³-hybridized carbons (Fsp3) is 0.471. The van der Waals surface area contributed by atoms with Crippen molar-refractivity contribution in [3.05, 3.63) is 37.2 Å². The third-order valence-corrected chi connectivity index (χ3v) is 3.78. The first-order chi connectivity index (χ1) is 11.8. The highest BCUT2D eigenvalue weighted by Gasteiger charge is 2.25. The van der Waals surface area contributed by atoms with Crippen LogP contribution in [0.2, 0.25) is 0 Å². The van der Waals surface area contributed by atoms with E-state index in [1.807, 2.05) is 20.2 Å². The van der Waals surface area contributed by atoms with E-state index in [0.29, 0.717) is 5.92 Å². The zero-order valence-corrected chi connectivity index (χ0v) is 14.5. The Kier molecular flexibility index (Phi) is 6.74. The fourth-order valence-corrected chi connectivity index (χ4v) is 2.33. The lowest BCUT2D eigenvalue weighted by Crippen LogP contribution is -2.24. The Balaban J connectivity index is 0.00000100. The SMILES string of the molecule is C=C.CNCCCN(C)c1nccc(Nc2cc(C3CC3)[nH]n2)n1. The molecule has 7 heteroatoms. The second kappa shape index (κ2) is 9.02. The van der Waals surface area contributed by atoms with E-state index in [0.717, 1.165) is 37.1 Å². The van der Waals surface area contributed by atoms with Crippen LogP contribution in [0.3, 0.4) is 0 Å². The van der Waals surface area contributed by atoms with E-state index in [1.165, 1.54) is 18.5 Å². The number of nitrogens with one attached hydrogen (secondary N) is 3. The number of rotatable bonds is 8.